The molecule has 1 atom stereocenters. The predicted molar refractivity (Wildman–Crippen MR) is 74.0 cm³/mol. The van der Waals surface area contributed by atoms with Crippen LogP contribution in [0.15, 0.2) is 24.3 Å². The van der Waals surface area contributed by atoms with Crippen LogP contribution in [-0.4, -0.2) is 28.1 Å². The molecule has 3 nitrogen and oxygen atoms in total. The number of carbonyl (C=O) groups excluding carboxylic acids is 2. The molecule has 0 saturated carbocycles. The predicted octanol–water partition coefficient (Wildman–Crippen LogP) is 3.24. The van der Waals surface area contributed by atoms with E-state index in [4.69, 9.17) is 0 Å². The monoisotopic (exact) mass is 309 g/mol. The number of rotatable bonds is 5. The van der Waals surface area contributed by atoms with Gasteiger partial charge in [-0.15, -0.1) is 0 Å². The van der Waals surface area contributed by atoms with Gasteiger partial charge in [-0.2, -0.15) is 0 Å². The van der Waals surface area contributed by atoms with Crippen molar-refractivity contribution in [2.24, 2.45) is 0 Å². The first-order valence-corrected chi connectivity index (χ1v) is 7.16. The zero-order valence-corrected chi connectivity index (χ0v) is 11.9. The van der Waals surface area contributed by atoms with E-state index in [2.05, 4.69) is 22.9 Å². The third-order valence-electron chi connectivity index (χ3n) is 3.13. The van der Waals surface area contributed by atoms with Crippen molar-refractivity contribution in [2.75, 3.05) is 6.54 Å². The second-order valence-corrected chi connectivity index (χ2v) is 5.80. The van der Waals surface area contributed by atoms with Crippen LogP contribution in [0.1, 0.15) is 46.9 Å². The molecule has 1 aliphatic heterocycles. The summed E-state index contributed by atoms with van der Waals surface area (Å²) in [5, 5.41) is 0. The summed E-state index contributed by atoms with van der Waals surface area (Å²) in [5.41, 5.74) is 1.05. The van der Waals surface area contributed by atoms with Crippen molar-refractivity contribution in [3.8, 4) is 0 Å². The summed E-state index contributed by atoms with van der Waals surface area (Å²) in [7, 11) is 0. The molecule has 0 bridgehead atoms. The van der Waals surface area contributed by atoms with E-state index in [0.29, 0.717) is 17.7 Å². The number of amides is 2. The Kier molecular flexibility index (Phi) is 4.17. The number of imide groups is 1. The van der Waals surface area contributed by atoms with Crippen LogP contribution in [0.25, 0.3) is 0 Å². The van der Waals surface area contributed by atoms with Gasteiger partial charge < -0.3 is 0 Å². The first kappa shape index (κ1) is 13.3. The first-order chi connectivity index (χ1) is 8.65. The molecule has 1 heterocycles. The number of hydrogen-bond acceptors (Lipinski definition) is 2. The van der Waals surface area contributed by atoms with Gasteiger partial charge in [0.15, 0.2) is 0 Å². The lowest BCUT2D eigenvalue weighted by molar-refractivity contribution is 0.0654. The highest BCUT2D eigenvalue weighted by Crippen LogP contribution is 2.24. The van der Waals surface area contributed by atoms with Crippen LogP contribution in [0, 0.1) is 0 Å². The number of nitrogens with zero attached hydrogens (tertiary/aromatic N) is 1. The Morgan fingerprint density at radius 3 is 2.22 bits per heavy atom. The van der Waals surface area contributed by atoms with Gasteiger partial charge in [-0.3, -0.25) is 14.5 Å². The van der Waals surface area contributed by atoms with Crippen LogP contribution in [0.4, 0.5) is 0 Å². The number of benzene rings is 1. The summed E-state index contributed by atoms with van der Waals surface area (Å²) in [6, 6.07) is 7.00. The number of halogens is 1. The van der Waals surface area contributed by atoms with E-state index in [1.807, 2.05) is 0 Å². The maximum Gasteiger partial charge on any atom is 0.261 e. The normalized spacial score (nSPS) is 16.0. The fraction of sp³-hybridized carbons (Fsp3) is 0.429. The summed E-state index contributed by atoms with van der Waals surface area (Å²) >= 11 is 3.54. The van der Waals surface area contributed by atoms with Crippen molar-refractivity contribution in [2.45, 2.75) is 31.0 Å². The molecule has 96 valence electrons. The van der Waals surface area contributed by atoms with Crippen LogP contribution in [0.5, 0.6) is 0 Å². The molecule has 1 unspecified atom stereocenters. The van der Waals surface area contributed by atoms with Crippen molar-refractivity contribution in [3.05, 3.63) is 35.4 Å². The van der Waals surface area contributed by atoms with E-state index in [0.717, 1.165) is 19.3 Å². The maximum absolute atomic E-state index is 12.1. The molecule has 0 fully saturated rings. The van der Waals surface area contributed by atoms with Crippen LogP contribution >= 0.6 is 15.9 Å². The highest BCUT2D eigenvalue weighted by atomic mass is 79.9. The van der Waals surface area contributed by atoms with Gasteiger partial charge in [0.1, 0.15) is 0 Å². The molecule has 0 aromatic heterocycles. The molecule has 0 aliphatic carbocycles. The summed E-state index contributed by atoms with van der Waals surface area (Å²) in [6.45, 7) is 2.58. The zero-order chi connectivity index (χ0) is 13.1. The van der Waals surface area contributed by atoms with Gasteiger partial charge >= 0.3 is 0 Å². The van der Waals surface area contributed by atoms with E-state index < -0.39 is 0 Å². The molecular formula is C14H16BrNO2. The third kappa shape index (κ3) is 2.48. The Bertz CT molecular complexity index is 438. The molecule has 1 aromatic carbocycles. The van der Waals surface area contributed by atoms with Crippen molar-refractivity contribution in [1.29, 1.82) is 0 Å². The van der Waals surface area contributed by atoms with E-state index in [1.165, 1.54) is 4.90 Å². The van der Waals surface area contributed by atoms with Gasteiger partial charge in [-0.05, 0) is 18.6 Å². The summed E-state index contributed by atoms with van der Waals surface area (Å²) < 4.78 is 0. The quantitative estimate of drug-likeness (QED) is 0.618. The number of unbranched alkanes of at least 4 members (excludes halogenated alkanes) is 1. The minimum absolute atomic E-state index is 0.170. The third-order valence-corrected chi connectivity index (χ3v) is 3.88. The Hall–Kier alpha value is -1.16. The largest absolute Gasteiger partial charge is 0.273 e. The molecule has 1 aromatic rings. The lowest BCUT2D eigenvalue weighted by atomic mass is 10.1. The lowest BCUT2D eigenvalue weighted by Gasteiger charge is -2.17. The van der Waals surface area contributed by atoms with Crippen LogP contribution in [0.2, 0.25) is 0 Å². The molecule has 0 spiro atoms. The second-order valence-electron chi connectivity index (χ2n) is 4.51. The summed E-state index contributed by atoms with van der Waals surface area (Å²) in [4.78, 5) is 25.7. The molecule has 18 heavy (non-hydrogen) atoms. The minimum atomic E-state index is -0.170. The standard InChI is InChI=1S/C14H16BrNO2/c1-2-3-6-10(15)9-16-13(17)11-7-4-5-8-12(11)14(16)18/h4-5,7-8,10H,2-3,6,9H2,1H3. The molecule has 2 amide bonds. The number of hydrogen-bond donors (Lipinski definition) is 0. The Labute approximate surface area is 115 Å². The second kappa shape index (κ2) is 5.65. The van der Waals surface area contributed by atoms with Crippen LogP contribution in [0.3, 0.4) is 0 Å². The van der Waals surface area contributed by atoms with Gasteiger partial charge in [0.25, 0.3) is 11.8 Å². The Balaban J connectivity index is 2.09. The van der Waals surface area contributed by atoms with E-state index in [-0.39, 0.29) is 16.6 Å². The average molecular weight is 310 g/mol. The molecule has 1 aliphatic rings. The molecule has 0 N–H and O–H groups in total. The van der Waals surface area contributed by atoms with Crippen LogP contribution < -0.4 is 0 Å². The minimum Gasteiger partial charge on any atom is -0.273 e. The first-order valence-electron chi connectivity index (χ1n) is 6.24. The van der Waals surface area contributed by atoms with E-state index in [9.17, 15) is 9.59 Å². The topological polar surface area (TPSA) is 37.4 Å². The summed E-state index contributed by atoms with van der Waals surface area (Å²) in [5.74, 6) is -0.340. The highest BCUT2D eigenvalue weighted by molar-refractivity contribution is 9.09. The molecule has 4 heteroatoms. The van der Waals surface area contributed by atoms with E-state index in [1.54, 1.807) is 24.3 Å². The van der Waals surface area contributed by atoms with Crippen molar-refractivity contribution in [1.82, 2.24) is 4.90 Å². The fourth-order valence-corrected chi connectivity index (χ4v) is 2.73. The fourth-order valence-electron chi connectivity index (χ4n) is 2.12. The van der Waals surface area contributed by atoms with Gasteiger partial charge in [-0.25, -0.2) is 0 Å². The molecular weight excluding hydrogens is 294 g/mol. The van der Waals surface area contributed by atoms with E-state index >= 15 is 0 Å². The van der Waals surface area contributed by atoms with Crippen molar-refractivity contribution < 1.29 is 9.59 Å². The number of alkyl halides is 1. The smallest absolute Gasteiger partial charge is 0.261 e. The van der Waals surface area contributed by atoms with Crippen molar-refractivity contribution in [3.63, 3.8) is 0 Å². The number of carbonyl (C=O) groups is 2. The van der Waals surface area contributed by atoms with Gasteiger partial charge in [0.05, 0.1) is 11.1 Å². The lowest BCUT2D eigenvalue weighted by Crippen LogP contribution is -2.34. The Morgan fingerprint density at radius 2 is 1.72 bits per heavy atom. The zero-order valence-electron chi connectivity index (χ0n) is 10.4. The number of fused-ring (bicyclic) bond motifs is 1. The molecule has 0 radical (unpaired) electrons. The highest BCUT2D eigenvalue weighted by Gasteiger charge is 2.35. The maximum atomic E-state index is 12.1. The van der Waals surface area contributed by atoms with Crippen LogP contribution in [-0.2, 0) is 0 Å². The van der Waals surface area contributed by atoms with Crippen molar-refractivity contribution >= 4 is 27.7 Å². The average Bonchev–Trinajstić information content (AvgIpc) is 2.62. The Morgan fingerprint density at radius 1 is 1.17 bits per heavy atom. The van der Waals surface area contributed by atoms with Gasteiger partial charge in [-0.1, -0.05) is 47.8 Å². The molecule has 2 rings (SSSR count). The SMILES string of the molecule is CCCCC(Br)CN1C(=O)c2ccccc2C1=O. The van der Waals surface area contributed by atoms with Gasteiger partial charge in [0.2, 0.25) is 0 Å². The van der Waals surface area contributed by atoms with Gasteiger partial charge in [0, 0.05) is 11.4 Å². The molecule has 0 saturated heterocycles. The summed E-state index contributed by atoms with van der Waals surface area (Å²) in [6.07, 6.45) is 3.19.